The third-order valence-electron chi connectivity index (χ3n) is 4.55. The summed E-state index contributed by atoms with van der Waals surface area (Å²) in [5.41, 5.74) is 4.16. The number of hydrazine groups is 1. The molecule has 0 aliphatic heterocycles. The lowest BCUT2D eigenvalue weighted by molar-refractivity contribution is 0.378. The zero-order valence-corrected chi connectivity index (χ0v) is 12.7. The Morgan fingerprint density at radius 1 is 1.15 bits per heavy atom. The van der Waals surface area contributed by atoms with Crippen molar-refractivity contribution >= 4 is 11.6 Å². The molecular weight excluding hydrogens is 250 g/mol. The van der Waals surface area contributed by atoms with E-state index in [0.29, 0.717) is 17.4 Å². The van der Waals surface area contributed by atoms with Gasteiger partial charge in [0.15, 0.2) is 0 Å². The maximum Gasteiger partial charge on any atom is 0.148 e. The van der Waals surface area contributed by atoms with Gasteiger partial charge in [-0.3, -0.25) is 0 Å². The second-order valence-electron chi connectivity index (χ2n) is 7.07. The van der Waals surface area contributed by atoms with Crippen molar-refractivity contribution in [1.29, 1.82) is 0 Å². The fourth-order valence-corrected chi connectivity index (χ4v) is 3.09. The van der Waals surface area contributed by atoms with E-state index in [0.717, 1.165) is 23.0 Å². The van der Waals surface area contributed by atoms with Gasteiger partial charge in [-0.2, -0.15) is 0 Å². The van der Waals surface area contributed by atoms with Crippen LogP contribution in [0, 0.1) is 12.3 Å². The van der Waals surface area contributed by atoms with E-state index in [1.165, 1.54) is 32.1 Å². The molecule has 1 aromatic rings. The van der Waals surface area contributed by atoms with E-state index in [4.69, 9.17) is 10.8 Å². The lowest BCUT2D eigenvalue weighted by Crippen LogP contribution is -2.21. The minimum atomic E-state index is 0.437. The molecule has 2 fully saturated rings. The van der Waals surface area contributed by atoms with Gasteiger partial charge in [0.2, 0.25) is 0 Å². The Balaban J connectivity index is 1.82. The molecule has 110 valence electrons. The van der Waals surface area contributed by atoms with Crippen LogP contribution in [0.2, 0.25) is 0 Å². The lowest BCUT2D eigenvalue weighted by atomic mass is 9.92. The van der Waals surface area contributed by atoms with E-state index in [1.807, 2.05) is 6.92 Å². The van der Waals surface area contributed by atoms with Crippen LogP contribution in [0.3, 0.4) is 0 Å². The second-order valence-corrected chi connectivity index (χ2v) is 7.07. The fraction of sp³-hybridized carbons (Fsp3) is 0.733. The maximum absolute atomic E-state index is 5.59. The molecule has 1 atom stereocenters. The first-order chi connectivity index (χ1) is 9.48. The second kappa shape index (κ2) is 4.88. The highest BCUT2D eigenvalue weighted by atomic mass is 15.3. The van der Waals surface area contributed by atoms with Crippen LogP contribution in [0.25, 0.3) is 0 Å². The number of nitrogens with zero attached hydrogens (tertiary/aromatic N) is 2. The van der Waals surface area contributed by atoms with Crippen molar-refractivity contribution in [2.75, 3.05) is 10.7 Å². The Bertz CT molecular complexity index is 507. The molecule has 0 radical (unpaired) electrons. The van der Waals surface area contributed by atoms with Crippen molar-refractivity contribution in [3.63, 3.8) is 0 Å². The van der Waals surface area contributed by atoms with E-state index in [9.17, 15) is 0 Å². The van der Waals surface area contributed by atoms with Crippen LogP contribution >= 0.6 is 0 Å². The first kappa shape index (κ1) is 13.6. The van der Waals surface area contributed by atoms with Gasteiger partial charge in [-0.1, -0.05) is 13.8 Å². The summed E-state index contributed by atoms with van der Waals surface area (Å²) >= 11 is 0. The van der Waals surface area contributed by atoms with Gasteiger partial charge < -0.3 is 10.7 Å². The summed E-state index contributed by atoms with van der Waals surface area (Å²) < 4.78 is 0. The van der Waals surface area contributed by atoms with E-state index < -0.39 is 0 Å². The molecule has 5 nitrogen and oxygen atoms in total. The van der Waals surface area contributed by atoms with Gasteiger partial charge >= 0.3 is 0 Å². The molecule has 0 saturated heterocycles. The van der Waals surface area contributed by atoms with Gasteiger partial charge in [-0.25, -0.2) is 15.8 Å². The van der Waals surface area contributed by atoms with Crippen LogP contribution in [-0.4, -0.2) is 16.0 Å². The van der Waals surface area contributed by atoms with Crippen LogP contribution in [-0.2, 0) is 0 Å². The predicted octanol–water partition coefficient (Wildman–Crippen LogP) is 2.94. The number of nitrogens with two attached hydrogens (primary N) is 1. The number of hydrogen-bond donors (Lipinski definition) is 3. The Labute approximate surface area is 120 Å². The number of rotatable bonds is 4. The summed E-state index contributed by atoms with van der Waals surface area (Å²) in [5.74, 6) is 8.76. The molecule has 2 aliphatic carbocycles. The monoisotopic (exact) mass is 275 g/mol. The highest BCUT2D eigenvalue weighted by molar-refractivity contribution is 5.57. The van der Waals surface area contributed by atoms with Gasteiger partial charge in [0.25, 0.3) is 0 Å². The highest BCUT2D eigenvalue weighted by Crippen LogP contribution is 2.41. The third-order valence-corrected chi connectivity index (χ3v) is 4.55. The van der Waals surface area contributed by atoms with E-state index >= 15 is 0 Å². The average molecular weight is 275 g/mol. The average Bonchev–Trinajstić information content (AvgIpc) is 3.18. The zero-order valence-electron chi connectivity index (χ0n) is 12.7. The molecule has 4 N–H and O–H groups in total. The van der Waals surface area contributed by atoms with Crippen LogP contribution in [0.15, 0.2) is 0 Å². The van der Waals surface area contributed by atoms with E-state index in [-0.39, 0.29) is 0 Å². The molecule has 3 rings (SSSR count). The van der Waals surface area contributed by atoms with Gasteiger partial charge in [0.05, 0.1) is 0 Å². The first-order valence-electron chi connectivity index (χ1n) is 7.60. The van der Waals surface area contributed by atoms with Gasteiger partial charge in [0.1, 0.15) is 17.5 Å². The molecule has 1 heterocycles. The van der Waals surface area contributed by atoms with Crippen LogP contribution in [0.1, 0.15) is 63.3 Å². The number of aromatic nitrogens is 2. The van der Waals surface area contributed by atoms with Crippen LogP contribution in [0.5, 0.6) is 0 Å². The summed E-state index contributed by atoms with van der Waals surface area (Å²) in [7, 11) is 0. The van der Waals surface area contributed by atoms with Crippen molar-refractivity contribution in [2.24, 2.45) is 11.3 Å². The molecule has 0 bridgehead atoms. The molecule has 1 aromatic heterocycles. The highest BCUT2D eigenvalue weighted by Gasteiger charge is 2.32. The van der Waals surface area contributed by atoms with Gasteiger partial charge in [0, 0.05) is 17.5 Å². The topological polar surface area (TPSA) is 75.9 Å². The maximum atomic E-state index is 5.59. The van der Waals surface area contributed by atoms with E-state index in [2.05, 4.69) is 29.6 Å². The minimum Gasteiger partial charge on any atom is -0.367 e. The van der Waals surface area contributed by atoms with Crippen molar-refractivity contribution < 1.29 is 0 Å². The summed E-state index contributed by atoms with van der Waals surface area (Å²) in [4.78, 5) is 9.27. The van der Waals surface area contributed by atoms with Gasteiger partial charge in [-0.15, -0.1) is 0 Å². The van der Waals surface area contributed by atoms with Crippen molar-refractivity contribution in [3.05, 3.63) is 11.4 Å². The number of anilines is 2. The SMILES string of the molecule is Cc1c(NN)nc(C2CC2)nc1NC1CCC(C)(C)C1. The Kier molecular flexibility index (Phi) is 3.32. The van der Waals surface area contributed by atoms with Crippen molar-refractivity contribution in [2.45, 2.75) is 64.8 Å². The molecule has 0 spiro atoms. The molecular formula is C15H25N5. The Morgan fingerprint density at radius 3 is 2.40 bits per heavy atom. The van der Waals surface area contributed by atoms with Gasteiger partial charge in [-0.05, 0) is 44.4 Å². The summed E-state index contributed by atoms with van der Waals surface area (Å²) in [6, 6.07) is 0.510. The molecule has 2 aliphatic rings. The van der Waals surface area contributed by atoms with Crippen LogP contribution in [0.4, 0.5) is 11.6 Å². The molecule has 20 heavy (non-hydrogen) atoms. The molecule has 1 unspecified atom stereocenters. The van der Waals surface area contributed by atoms with Crippen molar-refractivity contribution in [1.82, 2.24) is 9.97 Å². The molecule has 2 saturated carbocycles. The normalized spacial score (nSPS) is 24.7. The standard InChI is InChI=1S/C15H25N5/c1-9-12(17-11-6-7-15(2,3)8-11)18-14(10-4-5-10)19-13(9)20-16/h10-11H,4-8,16H2,1-3H3,(H2,17,18,19,20). The number of nitrogens with one attached hydrogen (secondary N) is 2. The first-order valence-corrected chi connectivity index (χ1v) is 7.60. The largest absolute Gasteiger partial charge is 0.367 e. The van der Waals surface area contributed by atoms with Crippen LogP contribution < -0.4 is 16.6 Å². The summed E-state index contributed by atoms with van der Waals surface area (Å²) in [5, 5.41) is 3.62. The minimum absolute atomic E-state index is 0.437. The molecule has 5 heteroatoms. The predicted molar refractivity (Wildman–Crippen MR) is 81.6 cm³/mol. The third kappa shape index (κ3) is 2.73. The van der Waals surface area contributed by atoms with E-state index in [1.54, 1.807) is 0 Å². The molecule has 0 aromatic carbocycles. The van der Waals surface area contributed by atoms with Crippen molar-refractivity contribution in [3.8, 4) is 0 Å². The number of hydrogen-bond acceptors (Lipinski definition) is 5. The Morgan fingerprint density at radius 2 is 1.85 bits per heavy atom. The molecule has 0 amide bonds. The quantitative estimate of drug-likeness (QED) is 0.582. The summed E-state index contributed by atoms with van der Waals surface area (Å²) in [6.45, 7) is 6.70. The number of nitrogen functional groups attached to an aromatic ring is 1. The smallest absolute Gasteiger partial charge is 0.148 e. The zero-order chi connectivity index (χ0) is 14.3. The fourth-order valence-electron chi connectivity index (χ4n) is 3.09. The summed E-state index contributed by atoms with van der Waals surface area (Å²) in [6.07, 6.45) is 6.07. The lowest BCUT2D eigenvalue weighted by Gasteiger charge is -2.20. The Hall–Kier alpha value is -1.36.